The molecule has 124 valence electrons. The Bertz CT molecular complexity index is 737. The fourth-order valence-corrected chi connectivity index (χ4v) is 4.27. The van der Waals surface area contributed by atoms with Gasteiger partial charge < -0.3 is 15.4 Å². The number of halogens is 1. The maximum atomic E-state index is 6.41. The van der Waals surface area contributed by atoms with Crippen LogP contribution in [0.5, 0.6) is 0 Å². The number of aryl methyl sites for hydroxylation is 1. The zero-order valence-corrected chi connectivity index (χ0v) is 15.1. The van der Waals surface area contributed by atoms with Gasteiger partial charge in [0.2, 0.25) is 5.95 Å². The van der Waals surface area contributed by atoms with Crippen molar-refractivity contribution in [1.82, 2.24) is 14.4 Å². The fraction of sp³-hybridized carbons (Fsp3) is 0.625. The van der Waals surface area contributed by atoms with Crippen molar-refractivity contribution in [1.29, 1.82) is 0 Å². The average Bonchev–Trinajstić information content (AvgIpc) is 3.14. The van der Waals surface area contributed by atoms with Crippen molar-refractivity contribution in [2.45, 2.75) is 38.8 Å². The quantitative estimate of drug-likeness (QED) is 0.821. The number of nitrogens with zero attached hydrogens (tertiary/aromatic N) is 4. The summed E-state index contributed by atoms with van der Waals surface area (Å²) >= 11 is 3.58. The van der Waals surface area contributed by atoms with Gasteiger partial charge in [0.1, 0.15) is 0 Å². The van der Waals surface area contributed by atoms with Gasteiger partial charge in [-0.25, -0.2) is 9.97 Å². The van der Waals surface area contributed by atoms with Gasteiger partial charge >= 0.3 is 0 Å². The van der Waals surface area contributed by atoms with Crippen LogP contribution < -0.4 is 10.6 Å². The van der Waals surface area contributed by atoms with Crippen LogP contribution in [0.25, 0.3) is 5.65 Å². The van der Waals surface area contributed by atoms with Crippen LogP contribution in [0.15, 0.2) is 16.9 Å². The minimum Gasteiger partial charge on any atom is -0.376 e. The molecular formula is C16H22BrN5O. The SMILES string of the molecule is Cc1nc(N2CCC3(CC2)CO[C@@H](C)[C@H]3N)n2ccnc2c1Br. The van der Waals surface area contributed by atoms with Gasteiger partial charge in [0, 0.05) is 36.9 Å². The van der Waals surface area contributed by atoms with Crippen LogP contribution in [0.2, 0.25) is 0 Å². The maximum Gasteiger partial charge on any atom is 0.211 e. The molecule has 4 heterocycles. The Labute approximate surface area is 144 Å². The third kappa shape index (κ3) is 2.28. The Morgan fingerprint density at radius 3 is 2.78 bits per heavy atom. The van der Waals surface area contributed by atoms with Crippen molar-refractivity contribution in [2.24, 2.45) is 11.1 Å². The van der Waals surface area contributed by atoms with Gasteiger partial charge in [0.25, 0.3) is 0 Å². The van der Waals surface area contributed by atoms with E-state index in [4.69, 9.17) is 15.5 Å². The van der Waals surface area contributed by atoms with Crippen LogP contribution in [0.1, 0.15) is 25.5 Å². The molecule has 0 unspecified atom stereocenters. The van der Waals surface area contributed by atoms with E-state index in [1.54, 1.807) is 0 Å². The molecule has 2 N–H and O–H groups in total. The molecule has 2 saturated heterocycles. The number of hydrogen-bond donors (Lipinski definition) is 1. The lowest BCUT2D eigenvalue weighted by Gasteiger charge is -2.41. The summed E-state index contributed by atoms with van der Waals surface area (Å²) in [4.78, 5) is 11.6. The minimum absolute atomic E-state index is 0.133. The zero-order valence-electron chi connectivity index (χ0n) is 13.5. The van der Waals surface area contributed by atoms with Crippen LogP contribution in [0, 0.1) is 12.3 Å². The molecule has 7 heteroatoms. The number of rotatable bonds is 1. The Morgan fingerprint density at radius 1 is 1.39 bits per heavy atom. The molecule has 23 heavy (non-hydrogen) atoms. The molecule has 4 rings (SSSR count). The molecule has 6 nitrogen and oxygen atoms in total. The van der Waals surface area contributed by atoms with Gasteiger partial charge in [-0.15, -0.1) is 0 Å². The van der Waals surface area contributed by atoms with Crippen molar-refractivity contribution in [3.8, 4) is 0 Å². The Balaban J connectivity index is 1.62. The summed E-state index contributed by atoms with van der Waals surface area (Å²) in [6.45, 7) is 6.78. The van der Waals surface area contributed by atoms with Crippen LogP contribution in [-0.4, -0.2) is 46.2 Å². The summed E-state index contributed by atoms with van der Waals surface area (Å²) in [5.74, 6) is 0.966. The second-order valence-corrected chi connectivity index (χ2v) is 7.62. The fourth-order valence-electron chi connectivity index (χ4n) is 3.89. The van der Waals surface area contributed by atoms with Crippen LogP contribution in [0.3, 0.4) is 0 Å². The third-order valence-corrected chi connectivity index (χ3v) is 6.45. The van der Waals surface area contributed by atoms with Crippen LogP contribution >= 0.6 is 15.9 Å². The summed E-state index contributed by atoms with van der Waals surface area (Å²) in [6.07, 6.45) is 6.05. The van der Waals surface area contributed by atoms with Gasteiger partial charge in [-0.2, -0.15) is 0 Å². The predicted molar refractivity (Wildman–Crippen MR) is 92.7 cm³/mol. The second kappa shape index (κ2) is 5.43. The topological polar surface area (TPSA) is 68.7 Å². The van der Waals surface area contributed by atoms with Gasteiger partial charge in [0.15, 0.2) is 5.65 Å². The Morgan fingerprint density at radius 2 is 2.13 bits per heavy atom. The number of hydrogen-bond acceptors (Lipinski definition) is 5. The molecule has 0 saturated carbocycles. The van der Waals surface area contributed by atoms with Gasteiger partial charge in [-0.3, -0.25) is 4.40 Å². The molecule has 0 aliphatic carbocycles. The molecule has 2 atom stereocenters. The lowest BCUT2D eigenvalue weighted by Crippen LogP contribution is -2.51. The highest BCUT2D eigenvalue weighted by atomic mass is 79.9. The monoisotopic (exact) mass is 379 g/mol. The standard InChI is InChI=1S/C16H22BrN5O/c1-10-12(17)14-19-5-8-22(14)15(20-10)21-6-3-16(4-7-21)9-23-11(2)13(16)18/h5,8,11,13H,3-4,6-7,9,18H2,1-2H3/t11-,13+/m0/s1. The number of ether oxygens (including phenoxy) is 1. The first-order valence-corrected chi connectivity index (χ1v) is 8.92. The zero-order chi connectivity index (χ0) is 16.2. The third-order valence-electron chi connectivity index (χ3n) is 5.53. The first kappa shape index (κ1) is 15.4. The first-order valence-electron chi connectivity index (χ1n) is 8.13. The minimum atomic E-state index is 0.133. The predicted octanol–water partition coefficient (Wildman–Crippen LogP) is 2.13. The first-order chi connectivity index (χ1) is 11.0. The lowest BCUT2D eigenvalue weighted by atomic mass is 9.73. The highest BCUT2D eigenvalue weighted by Gasteiger charge is 2.47. The van der Waals surface area contributed by atoms with Crippen molar-refractivity contribution in [2.75, 3.05) is 24.6 Å². The van der Waals surface area contributed by atoms with E-state index in [2.05, 4.69) is 37.1 Å². The van der Waals surface area contributed by atoms with E-state index < -0.39 is 0 Å². The van der Waals surface area contributed by atoms with Gasteiger partial charge in [-0.1, -0.05) is 0 Å². The summed E-state index contributed by atoms with van der Waals surface area (Å²) in [7, 11) is 0. The van der Waals surface area contributed by atoms with Crippen molar-refractivity contribution in [3.05, 3.63) is 22.6 Å². The molecule has 2 aliphatic heterocycles. The molecule has 2 aromatic rings. The highest BCUT2D eigenvalue weighted by Crippen LogP contribution is 2.42. The molecule has 0 amide bonds. The normalized spacial score (nSPS) is 27.2. The van der Waals surface area contributed by atoms with Gasteiger partial charge in [-0.05, 0) is 42.6 Å². The van der Waals surface area contributed by atoms with E-state index in [0.29, 0.717) is 0 Å². The number of aromatic nitrogens is 3. The van der Waals surface area contributed by atoms with Crippen molar-refractivity contribution in [3.63, 3.8) is 0 Å². The number of nitrogens with two attached hydrogens (primary N) is 1. The van der Waals surface area contributed by atoms with Crippen LogP contribution in [0.4, 0.5) is 5.95 Å². The van der Waals surface area contributed by atoms with E-state index in [1.807, 2.05) is 19.3 Å². The molecule has 0 radical (unpaired) electrons. The summed E-state index contributed by atoms with van der Waals surface area (Å²) < 4.78 is 8.83. The number of fused-ring (bicyclic) bond motifs is 1. The summed E-state index contributed by atoms with van der Waals surface area (Å²) in [5.41, 5.74) is 8.43. The molecule has 2 aromatic heterocycles. The van der Waals surface area contributed by atoms with Crippen molar-refractivity contribution < 1.29 is 4.74 Å². The molecule has 1 spiro atoms. The molecule has 2 fully saturated rings. The van der Waals surface area contributed by atoms with Crippen molar-refractivity contribution >= 4 is 27.5 Å². The molecule has 0 bridgehead atoms. The van der Waals surface area contributed by atoms with Gasteiger partial charge in [0.05, 0.1) is 22.9 Å². The van der Waals surface area contributed by atoms with E-state index >= 15 is 0 Å². The van der Waals surface area contributed by atoms with E-state index in [0.717, 1.165) is 54.3 Å². The van der Waals surface area contributed by atoms with E-state index in [9.17, 15) is 0 Å². The largest absolute Gasteiger partial charge is 0.376 e. The Kier molecular flexibility index (Phi) is 3.62. The number of piperidine rings is 1. The average molecular weight is 380 g/mol. The summed E-state index contributed by atoms with van der Waals surface area (Å²) in [5, 5.41) is 0. The molecule has 0 aromatic carbocycles. The smallest absolute Gasteiger partial charge is 0.211 e. The highest BCUT2D eigenvalue weighted by molar-refractivity contribution is 9.10. The molecule has 2 aliphatic rings. The lowest BCUT2D eigenvalue weighted by molar-refractivity contribution is 0.0973. The second-order valence-electron chi connectivity index (χ2n) is 6.82. The number of anilines is 1. The summed E-state index contributed by atoms with van der Waals surface area (Å²) in [6, 6.07) is 0.137. The maximum absolute atomic E-state index is 6.41. The Hall–Kier alpha value is -1.18. The van der Waals surface area contributed by atoms with E-state index in [-0.39, 0.29) is 17.6 Å². The molecular weight excluding hydrogens is 358 g/mol. The number of imidazole rings is 1. The van der Waals surface area contributed by atoms with Crippen LogP contribution in [-0.2, 0) is 4.74 Å². The van der Waals surface area contributed by atoms with E-state index in [1.165, 1.54) is 0 Å².